The lowest BCUT2D eigenvalue weighted by atomic mass is 10.1. The molecular weight excluding hydrogens is 348 g/mol. The van der Waals surface area contributed by atoms with Crippen LogP contribution in [0.5, 0.6) is 11.9 Å². The summed E-state index contributed by atoms with van der Waals surface area (Å²) in [5.74, 6) is 0.199. The normalized spacial score (nSPS) is 17.2. The Morgan fingerprint density at radius 1 is 1.48 bits per heavy atom. The van der Waals surface area contributed by atoms with E-state index in [2.05, 4.69) is 15.0 Å². The van der Waals surface area contributed by atoms with Crippen LogP contribution in [0.2, 0.25) is 5.02 Å². The second-order valence-corrected chi connectivity index (χ2v) is 5.99. The molecule has 1 fully saturated rings. The number of H-pyrrole nitrogens is 1. The number of aromatic nitrogens is 3. The Morgan fingerprint density at radius 3 is 3.08 bits per heavy atom. The number of carbonyl (C=O) groups is 1. The van der Waals surface area contributed by atoms with Gasteiger partial charge in [0.1, 0.15) is 11.1 Å². The maximum Gasteiger partial charge on any atom is 0.319 e. The number of hydrogen-bond donors (Lipinski definition) is 1. The average Bonchev–Trinajstić information content (AvgIpc) is 2.64. The fraction of sp³-hybridized carbons (Fsp3) is 0.375. The number of rotatable bonds is 4. The number of carbonyl (C=O) groups excluding carboxylic acids is 1. The summed E-state index contributed by atoms with van der Waals surface area (Å²) in [6.45, 7) is 1.03. The Morgan fingerprint density at radius 2 is 2.32 bits per heavy atom. The van der Waals surface area contributed by atoms with Crippen molar-refractivity contribution in [2.45, 2.75) is 18.9 Å². The Kier molecular flexibility index (Phi) is 5.18. The van der Waals surface area contributed by atoms with Crippen molar-refractivity contribution >= 4 is 17.5 Å². The van der Waals surface area contributed by atoms with Crippen molar-refractivity contribution in [2.24, 2.45) is 0 Å². The zero-order valence-electron chi connectivity index (χ0n) is 13.6. The van der Waals surface area contributed by atoms with Crippen molar-refractivity contribution < 1.29 is 14.3 Å². The number of nitrogens with one attached hydrogen (secondary N) is 1. The molecule has 0 saturated carbocycles. The minimum absolute atomic E-state index is 0.0104. The Labute approximate surface area is 148 Å². The molecule has 1 atom stereocenters. The first-order chi connectivity index (χ1) is 12.1. The first-order valence-electron chi connectivity index (χ1n) is 7.78. The molecule has 25 heavy (non-hydrogen) atoms. The molecule has 1 aliphatic rings. The van der Waals surface area contributed by atoms with Gasteiger partial charge in [-0.1, -0.05) is 11.6 Å². The lowest BCUT2D eigenvalue weighted by Gasteiger charge is -2.32. The predicted molar refractivity (Wildman–Crippen MR) is 90.2 cm³/mol. The van der Waals surface area contributed by atoms with E-state index >= 15 is 0 Å². The molecule has 3 heterocycles. The lowest BCUT2D eigenvalue weighted by molar-refractivity contribution is 0.0525. The number of pyridine rings is 1. The first kappa shape index (κ1) is 17.2. The summed E-state index contributed by atoms with van der Waals surface area (Å²) in [5, 5.41) is -0.0104. The largest absolute Gasteiger partial charge is 0.472 e. The van der Waals surface area contributed by atoms with Gasteiger partial charge >= 0.3 is 6.01 Å². The van der Waals surface area contributed by atoms with Crippen LogP contribution in [0.15, 0.2) is 29.3 Å². The Hall–Kier alpha value is -2.61. The molecule has 0 aliphatic carbocycles. The van der Waals surface area contributed by atoms with E-state index in [1.165, 1.54) is 19.4 Å². The zero-order chi connectivity index (χ0) is 17.8. The molecule has 2 aromatic heterocycles. The van der Waals surface area contributed by atoms with E-state index < -0.39 is 5.56 Å². The standard InChI is InChI=1S/C16H17ClN4O4/c1-24-16-18-5-4-13(20-16)25-11-3-2-6-21(9-11)15(23)10-7-12(17)14(22)19-8-10/h4-5,7-8,11H,2-3,6,9H2,1H3,(H,19,22). The number of hydrogen-bond acceptors (Lipinski definition) is 6. The highest BCUT2D eigenvalue weighted by molar-refractivity contribution is 6.30. The fourth-order valence-corrected chi connectivity index (χ4v) is 2.81. The van der Waals surface area contributed by atoms with Crippen molar-refractivity contribution in [3.63, 3.8) is 0 Å². The van der Waals surface area contributed by atoms with E-state index in [1.807, 2.05) is 0 Å². The molecule has 3 rings (SSSR count). The van der Waals surface area contributed by atoms with Crippen molar-refractivity contribution in [3.05, 3.63) is 45.5 Å². The number of amides is 1. The third kappa shape index (κ3) is 4.08. The van der Waals surface area contributed by atoms with Crippen molar-refractivity contribution in [1.82, 2.24) is 19.9 Å². The second kappa shape index (κ2) is 7.52. The molecule has 0 aromatic carbocycles. The van der Waals surface area contributed by atoms with E-state index in [1.54, 1.807) is 17.2 Å². The molecule has 1 unspecified atom stereocenters. The molecule has 0 spiro atoms. The van der Waals surface area contributed by atoms with Gasteiger partial charge in [-0.2, -0.15) is 4.98 Å². The van der Waals surface area contributed by atoms with Gasteiger partial charge in [-0.3, -0.25) is 9.59 Å². The van der Waals surface area contributed by atoms with Crippen LogP contribution in [0, 0.1) is 0 Å². The quantitative estimate of drug-likeness (QED) is 0.883. The predicted octanol–water partition coefficient (Wildman–Crippen LogP) is 1.51. The van der Waals surface area contributed by atoms with Crippen LogP contribution in [0.4, 0.5) is 0 Å². The lowest BCUT2D eigenvalue weighted by Crippen LogP contribution is -2.44. The summed E-state index contributed by atoms with van der Waals surface area (Å²) in [4.78, 5) is 36.1. The van der Waals surface area contributed by atoms with Gasteiger partial charge in [0.25, 0.3) is 11.5 Å². The third-order valence-electron chi connectivity index (χ3n) is 3.85. The van der Waals surface area contributed by atoms with Crippen LogP contribution in [-0.4, -0.2) is 52.1 Å². The van der Waals surface area contributed by atoms with Crippen molar-refractivity contribution in [3.8, 4) is 11.9 Å². The number of methoxy groups -OCH3 is 1. The molecule has 1 amide bonds. The van der Waals surface area contributed by atoms with Gasteiger partial charge in [0, 0.05) is 25.0 Å². The third-order valence-corrected chi connectivity index (χ3v) is 4.13. The number of piperidine rings is 1. The van der Waals surface area contributed by atoms with Gasteiger partial charge in [0.15, 0.2) is 0 Å². The van der Waals surface area contributed by atoms with Gasteiger partial charge in [-0.25, -0.2) is 4.98 Å². The van der Waals surface area contributed by atoms with Crippen molar-refractivity contribution in [1.29, 1.82) is 0 Å². The number of likely N-dealkylation sites (tertiary alicyclic amines) is 1. The van der Waals surface area contributed by atoms with Crippen molar-refractivity contribution in [2.75, 3.05) is 20.2 Å². The Balaban J connectivity index is 1.68. The van der Waals surface area contributed by atoms with Crippen LogP contribution < -0.4 is 15.0 Å². The SMILES string of the molecule is COc1nccc(OC2CCCN(C(=O)c3c[nH]c(=O)c(Cl)c3)C2)n1. The maximum absolute atomic E-state index is 12.6. The number of nitrogens with zero attached hydrogens (tertiary/aromatic N) is 3. The molecule has 8 nitrogen and oxygen atoms in total. The fourth-order valence-electron chi connectivity index (χ4n) is 2.64. The van der Waals surface area contributed by atoms with E-state index in [0.717, 1.165) is 12.8 Å². The van der Waals surface area contributed by atoms with Crippen LogP contribution in [-0.2, 0) is 0 Å². The molecule has 0 radical (unpaired) electrons. The molecule has 2 aromatic rings. The number of ether oxygens (including phenoxy) is 2. The topological polar surface area (TPSA) is 97.4 Å². The van der Waals surface area contributed by atoms with Gasteiger partial charge < -0.3 is 19.4 Å². The smallest absolute Gasteiger partial charge is 0.319 e. The Bertz CT molecular complexity index is 826. The highest BCUT2D eigenvalue weighted by Gasteiger charge is 2.26. The molecule has 1 N–H and O–H groups in total. The van der Waals surface area contributed by atoms with Gasteiger partial charge in [0.2, 0.25) is 5.88 Å². The van der Waals surface area contributed by atoms with Crippen LogP contribution >= 0.6 is 11.6 Å². The zero-order valence-corrected chi connectivity index (χ0v) is 14.3. The molecule has 9 heteroatoms. The summed E-state index contributed by atoms with van der Waals surface area (Å²) >= 11 is 5.80. The molecule has 0 bridgehead atoms. The maximum atomic E-state index is 12.6. The number of aromatic amines is 1. The minimum Gasteiger partial charge on any atom is -0.472 e. The molecule has 1 saturated heterocycles. The van der Waals surface area contributed by atoms with Crippen LogP contribution in [0.25, 0.3) is 0 Å². The van der Waals surface area contributed by atoms with Gasteiger partial charge in [-0.05, 0) is 18.9 Å². The summed E-state index contributed by atoms with van der Waals surface area (Å²) in [6, 6.07) is 3.25. The minimum atomic E-state index is -0.421. The molecule has 1 aliphatic heterocycles. The second-order valence-electron chi connectivity index (χ2n) is 5.58. The van der Waals surface area contributed by atoms with Gasteiger partial charge in [-0.15, -0.1) is 0 Å². The van der Waals surface area contributed by atoms with Crippen LogP contribution in [0.3, 0.4) is 0 Å². The molecule has 132 valence electrons. The van der Waals surface area contributed by atoms with E-state index in [0.29, 0.717) is 24.5 Å². The van der Waals surface area contributed by atoms with Crippen LogP contribution in [0.1, 0.15) is 23.2 Å². The monoisotopic (exact) mass is 364 g/mol. The highest BCUT2D eigenvalue weighted by atomic mass is 35.5. The summed E-state index contributed by atoms with van der Waals surface area (Å²) in [6.07, 6.45) is 4.35. The highest BCUT2D eigenvalue weighted by Crippen LogP contribution is 2.19. The van der Waals surface area contributed by atoms with Gasteiger partial charge in [0.05, 0.1) is 19.2 Å². The van der Waals surface area contributed by atoms with E-state index in [9.17, 15) is 9.59 Å². The average molecular weight is 365 g/mol. The van der Waals surface area contributed by atoms with E-state index in [-0.39, 0.29) is 23.0 Å². The summed E-state index contributed by atoms with van der Waals surface area (Å²) in [7, 11) is 1.48. The summed E-state index contributed by atoms with van der Waals surface area (Å²) < 4.78 is 10.8. The number of halogens is 1. The molecular formula is C16H17ClN4O4. The first-order valence-corrected chi connectivity index (χ1v) is 8.16. The van der Waals surface area contributed by atoms with E-state index in [4.69, 9.17) is 21.1 Å². The summed E-state index contributed by atoms with van der Waals surface area (Å²) in [5.41, 5.74) is -0.0789.